The largest absolute Gasteiger partial charge is 0.301 e. The van der Waals surface area contributed by atoms with Crippen LogP contribution >= 0.6 is 0 Å². The Kier molecular flexibility index (Phi) is 4.93. The fourth-order valence-corrected chi connectivity index (χ4v) is 3.85. The number of amides is 2. The normalized spacial score (nSPS) is 17.0. The van der Waals surface area contributed by atoms with Crippen LogP contribution < -0.4 is 9.80 Å². The average Bonchev–Trinajstić information content (AvgIpc) is 2.73. The molecule has 0 radical (unpaired) electrons. The van der Waals surface area contributed by atoms with Gasteiger partial charge >= 0.3 is 0 Å². The van der Waals surface area contributed by atoms with Crippen LogP contribution in [0.4, 0.5) is 11.4 Å². The van der Waals surface area contributed by atoms with Gasteiger partial charge in [-0.1, -0.05) is 60.2 Å². The molecular formula is C25H24N2O2. The fourth-order valence-electron chi connectivity index (χ4n) is 3.85. The van der Waals surface area contributed by atoms with Crippen LogP contribution in [0.5, 0.6) is 0 Å². The van der Waals surface area contributed by atoms with Crippen LogP contribution in [-0.2, 0) is 9.59 Å². The van der Waals surface area contributed by atoms with Gasteiger partial charge in [0.2, 0.25) is 5.91 Å². The lowest BCUT2D eigenvalue weighted by Gasteiger charge is -2.41. The van der Waals surface area contributed by atoms with Gasteiger partial charge in [-0.05, 0) is 55.7 Å². The molecule has 29 heavy (non-hydrogen) atoms. The smallest absolute Gasteiger partial charge is 0.255 e. The number of carbonyl (C=O) groups is 2. The summed E-state index contributed by atoms with van der Waals surface area (Å²) in [4.78, 5) is 30.3. The lowest BCUT2D eigenvalue weighted by Crippen LogP contribution is -2.56. The Hall–Kier alpha value is -3.40. The van der Waals surface area contributed by atoms with E-state index in [-0.39, 0.29) is 18.4 Å². The summed E-state index contributed by atoms with van der Waals surface area (Å²) >= 11 is 0. The Morgan fingerprint density at radius 1 is 0.793 bits per heavy atom. The lowest BCUT2D eigenvalue weighted by molar-refractivity contribution is -0.128. The molecule has 146 valence electrons. The first kappa shape index (κ1) is 18.9. The molecule has 1 atom stereocenters. The molecule has 0 aromatic heterocycles. The van der Waals surface area contributed by atoms with Crippen molar-refractivity contribution in [3.8, 4) is 0 Å². The Labute approximate surface area is 171 Å². The highest BCUT2D eigenvalue weighted by atomic mass is 16.2. The Bertz CT molecular complexity index is 1060. The maximum atomic E-state index is 13.7. The van der Waals surface area contributed by atoms with Crippen LogP contribution in [0.1, 0.15) is 28.3 Å². The molecule has 1 aliphatic rings. The summed E-state index contributed by atoms with van der Waals surface area (Å²) in [6.45, 7) is 6.04. The summed E-state index contributed by atoms with van der Waals surface area (Å²) in [6.07, 6.45) is 0. The van der Waals surface area contributed by atoms with Crippen molar-refractivity contribution in [2.45, 2.75) is 26.8 Å². The van der Waals surface area contributed by atoms with Gasteiger partial charge in [0.1, 0.15) is 12.6 Å². The van der Waals surface area contributed by atoms with Crippen molar-refractivity contribution in [1.29, 1.82) is 0 Å². The summed E-state index contributed by atoms with van der Waals surface area (Å²) in [7, 11) is 0. The van der Waals surface area contributed by atoms with Crippen LogP contribution in [0.25, 0.3) is 0 Å². The van der Waals surface area contributed by atoms with E-state index >= 15 is 0 Å². The van der Waals surface area contributed by atoms with E-state index in [0.29, 0.717) is 0 Å². The SMILES string of the molecule is Cc1ccc(N2C(=O)CN(c3cccc(C)c3C)C(=O)[C@@H]2c2ccccc2)cc1. The van der Waals surface area contributed by atoms with Crippen LogP contribution in [0.15, 0.2) is 72.8 Å². The Morgan fingerprint density at radius 3 is 2.17 bits per heavy atom. The molecule has 1 fully saturated rings. The second-order valence-electron chi connectivity index (χ2n) is 7.56. The third-order valence-electron chi connectivity index (χ3n) is 5.61. The molecule has 3 aromatic carbocycles. The number of benzene rings is 3. The predicted molar refractivity (Wildman–Crippen MR) is 116 cm³/mol. The number of carbonyl (C=O) groups excluding carboxylic acids is 2. The van der Waals surface area contributed by atoms with Crippen LogP contribution in [0.3, 0.4) is 0 Å². The molecule has 4 rings (SSSR count). The van der Waals surface area contributed by atoms with Gasteiger partial charge in [-0.3, -0.25) is 14.5 Å². The van der Waals surface area contributed by atoms with Crippen LogP contribution in [0.2, 0.25) is 0 Å². The van der Waals surface area contributed by atoms with Crippen molar-refractivity contribution >= 4 is 23.2 Å². The highest BCUT2D eigenvalue weighted by Crippen LogP contribution is 2.35. The highest BCUT2D eigenvalue weighted by molar-refractivity contribution is 6.14. The molecule has 0 N–H and O–H groups in total. The number of nitrogens with zero attached hydrogens (tertiary/aromatic N) is 2. The summed E-state index contributed by atoms with van der Waals surface area (Å²) in [5.74, 6) is -0.187. The minimum Gasteiger partial charge on any atom is -0.301 e. The zero-order valence-electron chi connectivity index (χ0n) is 16.9. The zero-order chi connectivity index (χ0) is 20.5. The maximum Gasteiger partial charge on any atom is 0.255 e. The lowest BCUT2D eigenvalue weighted by atomic mass is 9.98. The molecule has 4 nitrogen and oxygen atoms in total. The van der Waals surface area contributed by atoms with Crippen molar-refractivity contribution < 1.29 is 9.59 Å². The number of hydrogen-bond acceptors (Lipinski definition) is 2. The van der Waals surface area contributed by atoms with Gasteiger partial charge in [0, 0.05) is 11.4 Å². The first-order valence-corrected chi connectivity index (χ1v) is 9.78. The van der Waals surface area contributed by atoms with Crippen LogP contribution in [0, 0.1) is 20.8 Å². The number of aryl methyl sites for hydroxylation is 2. The van der Waals surface area contributed by atoms with Gasteiger partial charge in [0.15, 0.2) is 0 Å². The fraction of sp³-hybridized carbons (Fsp3) is 0.200. The zero-order valence-corrected chi connectivity index (χ0v) is 16.9. The monoisotopic (exact) mass is 384 g/mol. The van der Waals surface area contributed by atoms with E-state index in [4.69, 9.17) is 0 Å². The number of rotatable bonds is 3. The summed E-state index contributed by atoms with van der Waals surface area (Å²) in [5, 5.41) is 0. The molecule has 3 aromatic rings. The topological polar surface area (TPSA) is 40.6 Å². The molecule has 4 heteroatoms. The van der Waals surface area contributed by atoms with Crippen molar-refractivity contribution in [3.63, 3.8) is 0 Å². The van der Waals surface area contributed by atoms with Gasteiger partial charge < -0.3 is 4.90 Å². The van der Waals surface area contributed by atoms with Crippen molar-refractivity contribution in [2.75, 3.05) is 16.3 Å². The van der Waals surface area contributed by atoms with Gasteiger partial charge in [-0.25, -0.2) is 0 Å². The number of piperazine rings is 1. The third-order valence-corrected chi connectivity index (χ3v) is 5.61. The van der Waals surface area contributed by atoms with E-state index in [1.807, 2.05) is 93.6 Å². The number of hydrogen-bond donors (Lipinski definition) is 0. The van der Waals surface area contributed by atoms with Gasteiger partial charge in [-0.15, -0.1) is 0 Å². The number of anilines is 2. The van der Waals surface area contributed by atoms with Crippen molar-refractivity contribution in [1.82, 2.24) is 0 Å². The Balaban J connectivity index is 1.83. The van der Waals surface area contributed by atoms with E-state index in [9.17, 15) is 9.59 Å². The second kappa shape index (κ2) is 7.55. The molecule has 1 aliphatic heterocycles. The van der Waals surface area contributed by atoms with Gasteiger partial charge in [0.25, 0.3) is 5.91 Å². The quantitative estimate of drug-likeness (QED) is 0.655. The molecule has 2 amide bonds. The first-order chi connectivity index (χ1) is 14.0. The standard InChI is InChI=1S/C25H24N2O2/c1-17-12-14-21(15-13-17)27-23(28)16-26(22-11-7-8-18(2)19(22)3)25(29)24(27)20-9-5-4-6-10-20/h4-15,24H,16H2,1-3H3/t24-/m0/s1. The summed E-state index contributed by atoms with van der Waals surface area (Å²) in [6, 6.07) is 22.4. The molecule has 0 unspecified atom stereocenters. The highest BCUT2D eigenvalue weighted by Gasteiger charge is 2.42. The van der Waals surface area contributed by atoms with Crippen molar-refractivity contribution in [3.05, 3.63) is 95.1 Å². The van der Waals surface area contributed by atoms with Gasteiger partial charge in [0.05, 0.1) is 0 Å². The van der Waals surface area contributed by atoms with Crippen molar-refractivity contribution in [2.24, 2.45) is 0 Å². The minimum absolute atomic E-state index is 0.0281. The summed E-state index contributed by atoms with van der Waals surface area (Å²) in [5.41, 5.74) is 5.57. The maximum absolute atomic E-state index is 13.7. The molecule has 0 aliphatic carbocycles. The van der Waals surface area contributed by atoms with Crippen LogP contribution in [-0.4, -0.2) is 18.4 Å². The average molecular weight is 384 g/mol. The summed E-state index contributed by atoms with van der Waals surface area (Å²) < 4.78 is 0. The van der Waals surface area contributed by atoms with E-state index in [0.717, 1.165) is 33.6 Å². The third kappa shape index (κ3) is 3.42. The van der Waals surface area contributed by atoms with E-state index in [1.165, 1.54) is 0 Å². The minimum atomic E-state index is -0.694. The van der Waals surface area contributed by atoms with E-state index in [2.05, 4.69) is 0 Å². The van der Waals surface area contributed by atoms with E-state index in [1.54, 1.807) is 9.80 Å². The van der Waals surface area contributed by atoms with Gasteiger partial charge in [-0.2, -0.15) is 0 Å². The molecule has 0 saturated carbocycles. The molecule has 0 spiro atoms. The molecule has 1 saturated heterocycles. The second-order valence-corrected chi connectivity index (χ2v) is 7.56. The first-order valence-electron chi connectivity index (χ1n) is 9.78. The predicted octanol–water partition coefficient (Wildman–Crippen LogP) is 4.73. The molecular weight excluding hydrogens is 360 g/mol. The molecule has 1 heterocycles. The van der Waals surface area contributed by atoms with E-state index < -0.39 is 6.04 Å². The molecule has 0 bridgehead atoms. The Morgan fingerprint density at radius 2 is 1.48 bits per heavy atom.